The zero-order valence-corrected chi connectivity index (χ0v) is 7.22. The van der Waals surface area contributed by atoms with Gasteiger partial charge in [0.2, 0.25) is 0 Å². The molecule has 0 bridgehead atoms. The van der Waals surface area contributed by atoms with Crippen molar-refractivity contribution in [2.24, 2.45) is 5.92 Å². The molecule has 0 amide bonds. The number of carbonyl (C=O) groups excluding carboxylic acids is 1. The average molecular weight is 158 g/mol. The highest BCUT2D eigenvalue weighted by Gasteiger charge is 2.56. The van der Waals surface area contributed by atoms with Crippen LogP contribution in [-0.2, 0) is 14.3 Å². The van der Waals surface area contributed by atoms with Crippen LogP contribution in [0.25, 0.3) is 0 Å². The van der Waals surface area contributed by atoms with Crippen molar-refractivity contribution in [3.63, 3.8) is 0 Å². The minimum atomic E-state index is -0.244. The van der Waals surface area contributed by atoms with Crippen molar-refractivity contribution in [2.75, 3.05) is 13.7 Å². The van der Waals surface area contributed by atoms with Gasteiger partial charge in [-0.15, -0.1) is 0 Å². The quantitative estimate of drug-likeness (QED) is 0.574. The van der Waals surface area contributed by atoms with Crippen molar-refractivity contribution in [1.29, 1.82) is 0 Å². The van der Waals surface area contributed by atoms with Crippen LogP contribution in [0.5, 0.6) is 0 Å². The van der Waals surface area contributed by atoms with Gasteiger partial charge in [-0.25, -0.2) is 0 Å². The Kier molecular flexibility index (Phi) is 2.18. The molecule has 0 N–H and O–H groups in total. The highest BCUT2D eigenvalue weighted by atomic mass is 16.5. The Hall–Kier alpha value is -0.570. The average Bonchev–Trinajstić information content (AvgIpc) is 2.65. The molecule has 0 unspecified atom stereocenters. The van der Waals surface area contributed by atoms with Gasteiger partial charge in [0.1, 0.15) is 0 Å². The fraction of sp³-hybridized carbons (Fsp3) is 0.875. The van der Waals surface area contributed by atoms with Crippen LogP contribution in [-0.4, -0.2) is 25.3 Å². The topological polar surface area (TPSA) is 35.5 Å². The zero-order valence-electron chi connectivity index (χ0n) is 7.22. The third-order valence-electron chi connectivity index (χ3n) is 2.22. The third-order valence-corrected chi connectivity index (χ3v) is 2.22. The second-order valence-electron chi connectivity index (χ2n) is 3.03. The number of hydrogen-bond acceptors (Lipinski definition) is 3. The number of esters is 1. The summed E-state index contributed by atoms with van der Waals surface area (Å²) in [4.78, 5) is 11.1. The smallest absolute Gasteiger partial charge is 0.311 e. The molecule has 0 aromatic rings. The maximum atomic E-state index is 11.1. The fourth-order valence-electron chi connectivity index (χ4n) is 1.15. The van der Waals surface area contributed by atoms with E-state index in [-0.39, 0.29) is 17.5 Å². The first-order chi connectivity index (χ1) is 5.14. The lowest BCUT2D eigenvalue weighted by molar-refractivity contribution is -0.146. The van der Waals surface area contributed by atoms with Gasteiger partial charge < -0.3 is 9.47 Å². The van der Waals surface area contributed by atoms with Crippen LogP contribution in [0.2, 0.25) is 0 Å². The van der Waals surface area contributed by atoms with Gasteiger partial charge >= 0.3 is 5.97 Å². The number of hydrogen-bond donors (Lipinski definition) is 0. The highest BCUT2D eigenvalue weighted by molar-refractivity contribution is 5.77. The summed E-state index contributed by atoms with van der Waals surface area (Å²) in [5, 5.41) is 0. The van der Waals surface area contributed by atoms with E-state index in [1.165, 1.54) is 0 Å². The van der Waals surface area contributed by atoms with Crippen molar-refractivity contribution < 1.29 is 14.3 Å². The van der Waals surface area contributed by atoms with E-state index in [0.717, 1.165) is 6.42 Å². The summed E-state index contributed by atoms with van der Waals surface area (Å²) in [7, 11) is 1.62. The first kappa shape index (κ1) is 8.53. The molecule has 1 rings (SSSR count). The maximum absolute atomic E-state index is 11.1. The van der Waals surface area contributed by atoms with E-state index in [0.29, 0.717) is 6.61 Å². The zero-order chi connectivity index (χ0) is 8.48. The normalized spacial score (nSPS) is 35.0. The van der Waals surface area contributed by atoms with Crippen molar-refractivity contribution in [2.45, 2.75) is 25.9 Å². The van der Waals surface area contributed by atoms with Gasteiger partial charge in [-0.05, 0) is 20.3 Å². The molecule has 3 heteroatoms. The standard InChI is InChI=1S/C8H14O3/c1-4-11-7(9)6-5-8(6,2)10-3/h6H,4-5H2,1-3H3/t6-,8-/m0/s1. The van der Waals surface area contributed by atoms with Crippen molar-refractivity contribution in [3.05, 3.63) is 0 Å². The fourth-order valence-corrected chi connectivity index (χ4v) is 1.15. The third kappa shape index (κ3) is 1.53. The molecule has 0 radical (unpaired) electrons. The number of methoxy groups -OCH3 is 1. The Morgan fingerprint density at radius 1 is 1.73 bits per heavy atom. The lowest BCUT2D eigenvalue weighted by atomic mass is 10.3. The Morgan fingerprint density at radius 3 is 2.73 bits per heavy atom. The molecule has 1 aliphatic rings. The second-order valence-corrected chi connectivity index (χ2v) is 3.03. The number of ether oxygens (including phenoxy) is 2. The van der Waals surface area contributed by atoms with Crippen LogP contribution in [0.4, 0.5) is 0 Å². The largest absolute Gasteiger partial charge is 0.466 e. The van der Waals surface area contributed by atoms with Gasteiger partial charge in [0.05, 0.1) is 18.1 Å². The summed E-state index contributed by atoms with van der Waals surface area (Å²) in [5.74, 6) is -0.163. The first-order valence-electron chi connectivity index (χ1n) is 3.86. The first-order valence-corrected chi connectivity index (χ1v) is 3.86. The van der Waals surface area contributed by atoms with E-state index in [4.69, 9.17) is 9.47 Å². The summed E-state index contributed by atoms with van der Waals surface area (Å²) in [5.41, 5.74) is -0.244. The molecule has 0 aromatic carbocycles. The number of rotatable bonds is 3. The van der Waals surface area contributed by atoms with Crippen LogP contribution >= 0.6 is 0 Å². The van der Waals surface area contributed by atoms with E-state index < -0.39 is 0 Å². The SMILES string of the molecule is CCOC(=O)[C@@H]1C[C@]1(C)OC. The minimum Gasteiger partial charge on any atom is -0.466 e. The molecule has 0 saturated heterocycles. The summed E-state index contributed by atoms with van der Waals surface area (Å²) in [6, 6.07) is 0. The molecule has 0 heterocycles. The summed E-state index contributed by atoms with van der Waals surface area (Å²) in [6.07, 6.45) is 0.794. The van der Waals surface area contributed by atoms with Crippen LogP contribution < -0.4 is 0 Å². The van der Waals surface area contributed by atoms with Crippen molar-refractivity contribution in [3.8, 4) is 0 Å². The molecule has 1 saturated carbocycles. The predicted octanol–water partition coefficient (Wildman–Crippen LogP) is 0.975. The monoisotopic (exact) mass is 158 g/mol. The van der Waals surface area contributed by atoms with Gasteiger partial charge in [-0.1, -0.05) is 0 Å². The second kappa shape index (κ2) is 2.81. The summed E-state index contributed by atoms with van der Waals surface area (Å²) < 4.78 is 9.97. The van der Waals surface area contributed by atoms with Crippen LogP contribution in [0.3, 0.4) is 0 Å². The molecule has 64 valence electrons. The Labute approximate surface area is 66.7 Å². The molecular formula is C8H14O3. The molecule has 1 fully saturated rings. The van der Waals surface area contributed by atoms with E-state index in [1.54, 1.807) is 7.11 Å². The lowest BCUT2D eigenvalue weighted by Crippen LogP contribution is -2.17. The van der Waals surface area contributed by atoms with Gasteiger partial charge in [0.25, 0.3) is 0 Å². The molecule has 1 aliphatic carbocycles. The highest BCUT2D eigenvalue weighted by Crippen LogP contribution is 2.46. The van der Waals surface area contributed by atoms with E-state index in [9.17, 15) is 4.79 Å². The molecule has 11 heavy (non-hydrogen) atoms. The molecule has 0 aliphatic heterocycles. The van der Waals surface area contributed by atoms with E-state index >= 15 is 0 Å². The molecular weight excluding hydrogens is 144 g/mol. The lowest BCUT2D eigenvalue weighted by Gasteiger charge is -2.07. The van der Waals surface area contributed by atoms with Crippen LogP contribution in [0.15, 0.2) is 0 Å². The molecule has 2 atom stereocenters. The Morgan fingerprint density at radius 2 is 2.36 bits per heavy atom. The predicted molar refractivity (Wildman–Crippen MR) is 40.2 cm³/mol. The molecule has 0 aromatic heterocycles. The van der Waals surface area contributed by atoms with Gasteiger partial charge in [0.15, 0.2) is 0 Å². The van der Waals surface area contributed by atoms with Crippen LogP contribution in [0, 0.1) is 5.92 Å². The number of carbonyl (C=O) groups is 1. The van der Waals surface area contributed by atoms with Gasteiger partial charge in [-0.2, -0.15) is 0 Å². The summed E-state index contributed by atoms with van der Waals surface area (Å²) in [6.45, 7) is 4.19. The Balaban J connectivity index is 2.36. The van der Waals surface area contributed by atoms with E-state index in [2.05, 4.69) is 0 Å². The van der Waals surface area contributed by atoms with E-state index in [1.807, 2.05) is 13.8 Å². The molecule has 3 nitrogen and oxygen atoms in total. The van der Waals surface area contributed by atoms with Gasteiger partial charge in [0, 0.05) is 7.11 Å². The summed E-state index contributed by atoms with van der Waals surface area (Å²) >= 11 is 0. The van der Waals surface area contributed by atoms with Gasteiger partial charge in [-0.3, -0.25) is 4.79 Å². The maximum Gasteiger partial charge on any atom is 0.311 e. The van der Waals surface area contributed by atoms with Crippen molar-refractivity contribution >= 4 is 5.97 Å². The minimum absolute atomic E-state index is 0.0348. The van der Waals surface area contributed by atoms with Crippen LogP contribution in [0.1, 0.15) is 20.3 Å². The Bertz CT molecular complexity index is 167. The molecule has 0 spiro atoms. The van der Waals surface area contributed by atoms with Crippen molar-refractivity contribution in [1.82, 2.24) is 0 Å².